The van der Waals surface area contributed by atoms with Gasteiger partial charge >= 0.3 is 6.18 Å². The van der Waals surface area contributed by atoms with Crippen LogP contribution < -0.4 is 10.2 Å². The molecule has 0 spiro atoms. The van der Waals surface area contributed by atoms with Crippen molar-refractivity contribution in [2.75, 3.05) is 23.3 Å². The zero-order valence-electron chi connectivity index (χ0n) is 13.9. The normalized spacial score (nSPS) is 13.7. The van der Waals surface area contributed by atoms with Crippen molar-refractivity contribution in [3.05, 3.63) is 59.2 Å². The molecule has 1 aliphatic heterocycles. The van der Waals surface area contributed by atoms with Crippen LogP contribution in [0, 0.1) is 0 Å². The van der Waals surface area contributed by atoms with Gasteiger partial charge in [0.05, 0.1) is 12.0 Å². The summed E-state index contributed by atoms with van der Waals surface area (Å²) in [4.78, 5) is 14.4. The third-order valence-electron chi connectivity index (χ3n) is 4.36. The van der Waals surface area contributed by atoms with E-state index in [-0.39, 0.29) is 12.3 Å². The van der Waals surface area contributed by atoms with Crippen molar-refractivity contribution in [2.24, 2.45) is 0 Å². The molecule has 0 fully saturated rings. The second kappa shape index (κ2) is 6.78. The number of nitrogens with zero attached hydrogens (tertiary/aromatic N) is 1. The Bertz CT molecular complexity index is 786. The number of carbonyl (C=O) groups excluding carboxylic acids is 1. The summed E-state index contributed by atoms with van der Waals surface area (Å²) >= 11 is 0. The predicted octanol–water partition coefficient (Wildman–Crippen LogP) is 4.27. The molecule has 0 bridgehead atoms. The maximum absolute atomic E-state index is 12.7. The number of rotatable bonds is 4. The van der Waals surface area contributed by atoms with Gasteiger partial charge in [0.25, 0.3) is 0 Å². The van der Waals surface area contributed by atoms with Crippen LogP contribution in [0.4, 0.5) is 24.5 Å². The summed E-state index contributed by atoms with van der Waals surface area (Å²) in [6.07, 6.45) is -3.52. The van der Waals surface area contributed by atoms with Crippen LogP contribution in [0.25, 0.3) is 0 Å². The maximum atomic E-state index is 12.7. The van der Waals surface area contributed by atoms with Crippen molar-refractivity contribution >= 4 is 17.3 Å². The van der Waals surface area contributed by atoms with E-state index in [0.717, 1.165) is 37.3 Å². The molecule has 3 rings (SSSR count). The molecular formula is C19H19F3N2O. The van der Waals surface area contributed by atoms with Gasteiger partial charge in [0, 0.05) is 24.5 Å². The summed E-state index contributed by atoms with van der Waals surface area (Å²) in [7, 11) is 0. The van der Waals surface area contributed by atoms with E-state index in [9.17, 15) is 18.0 Å². The van der Waals surface area contributed by atoms with Crippen molar-refractivity contribution in [2.45, 2.75) is 25.9 Å². The molecule has 0 saturated heterocycles. The van der Waals surface area contributed by atoms with Crippen LogP contribution in [0.15, 0.2) is 42.5 Å². The molecule has 3 nitrogen and oxygen atoms in total. The fourth-order valence-corrected chi connectivity index (χ4v) is 3.10. The van der Waals surface area contributed by atoms with Crippen molar-refractivity contribution in [1.29, 1.82) is 0 Å². The molecule has 0 saturated carbocycles. The van der Waals surface area contributed by atoms with Gasteiger partial charge in [-0.2, -0.15) is 13.2 Å². The molecular weight excluding hydrogens is 329 g/mol. The monoisotopic (exact) mass is 348 g/mol. The molecule has 1 amide bonds. The molecule has 25 heavy (non-hydrogen) atoms. The molecule has 2 aromatic rings. The summed E-state index contributed by atoms with van der Waals surface area (Å²) in [6.45, 7) is 3.94. The number of hydrogen-bond donors (Lipinski definition) is 1. The Morgan fingerprint density at radius 2 is 2.00 bits per heavy atom. The maximum Gasteiger partial charge on any atom is 0.416 e. The molecule has 132 valence electrons. The van der Waals surface area contributed by atoms with Gasteiger partial charge in [0.15, 0.2) is 0 Å². The number of alkyl halides is 3. The zero-order chi connectivity index (χ0) is 18.0. The van der Waals surface area contributed by atoms with Gasteiger partial charge in [-0.1, -0.05) is 24.3 Å². The third kappa shape index (κ3) is 3.95. The number of fused-ring (bicyclic) bond motifs is 1. The molecule has 1 aliphatic rings. The molecule has 0 atom stereocenters. The fourth-order valence-electron chi connectivity index (χ4n) is 3.10. The van der Waals surface area contributed by atoms with Crippen LogP contribution in [0.2, 0.25) is 0 Å². The Morgan fingerprint density at radius 1 is 1.20 bits per heavy atom. The van der Waals surface area contributed by atoms with Crippen molar-refractivity contribution < 1.29 is 18.0 Å². The lowest BCUT2D eigenvalue weighted by Gasteiger charge is -2.17. The highest BCUT2D eigenvalue weighted by Gasteiger charge is 2.30. The number of anilines is 2. The van der Waals surface area contributed by atoms with E-state index in [4.69, 9.17) is 0 Å². The largest absolute Gasteiger partial charge is 0.416 e. The van der Waals surface area contributed by atoms with Crippen molar-refractivity contribution in [1.82, 2.24) is 0 Å². The third-order valence-corrected chi connectivity index (χ3v) is 4.36. The van der Waals surface area contributed by atoms with Gasteiger partial charge in [0.1, 0.15) is 0 Å². The van der Waals surface area contributed by atoms with E-state index in [1.165, 1.54) is 17.7 Å². The Morgan fingerprint density at radius 3 is 2.72 bits per heavy atom. The average molecular weight is 348 g/mol. The number of nitrogens with one attached hydrogen (secondary N) is 1. The second-order valence-electron chi connectivity index (χ2n) is 6.10. The Kier molecular flexibility index (Phi) is 4.70. The first-order chi connectivity index (χ1) is 11.9. The Balaban J connectivity index is 1.70. The van der Waals surface area contributed by atoms with E-state index < -0.39 is 11.7 Å². The molecule has 1 N–H and O–H groups in total. The molecule has 1 heterocycles. The first kappa shape index (κ1) is 17.3. The lowest BCUT2D eigenvalue weighted by molar-refractivity contribution is -0.137. The van der Waals surface area contributed by atoms with Gasteiger partial charge < -0.3 is 10.2 Å². The van der Waals surface area contributed by atoms with Crippen LogP contribution in [0.3, 0.4) is 0 Å². The number of hydrogen-bond acceptors (Lipinski definition) is 2. The van der Waals surface area contributed by atoms with E-state index in [1.54, 1.807) is 0 Å². The quantitative estimate of drug-likeness (QED) is 0.895. The van der Waals surface area contributed by atoms with Gasteiger partial charge in [-0.05, 0) is 42.7 Å². The molecule has 0 unspecified atom stereocenters. The standard InChI is InChI=1S/C19H19F3N2O/c1-2-24-9-8-14-6-7-16(12-17(14)24)23-18(25)11-13-4-3-5-15(10-13)19(20,21)22/h3-7,10,12H,2,8-9,11H2,1H3,(H,23,25). The van der Waals surface area contributed by atoms with Crippen LogP contribution in [-0.2, 0) is 23.8 Å². The van der Waals surface area contributed by atoms with Crippen LogP contribution in [0.5, 0.6) is 0 Å². The van der Waals surface area contributed by atoms with Crippen molar-refractivity contribution in [3.8, 4) is 0 Å². The average Bonchev–Trinajstić information content (AvgIpc) is 2.96. The summed E-state index contributed by atoms with van der Waals surface area (Å²) < 4.78 is 38.2. The first-order valence-corrected chi connectivity index (χ1v) is 8.20. The molecule has 0 aliphatic carbocycles. The van der Waals surface area contributed by atoms with Crippen LogP contribution >= 0.6 is 0 Å². The van der Waals surface area contributed by atoms with Gasteiger partial charge in [0.2, 0.25) is 5.91 Å². The SMILES string of the molecule is CCN1CCc2ccc(NC(=O)Cc3cccc(C(F)(F)F)c3)cc21. The summed E-state index contributed by atoms with van der Waals surface area (Å²) in [5.74, 6) is -0.333. The van der Waals surface area contributed by atoms with E-state index in [2.05, 4.69) is 17.1 Å². The highest BCUT2D eigenvalue weighted by atomic mass is 19.4. The van der Waals surface area contributed by atoms with Crippen molar-refractivity contribution in [3.63, 3.8) is 0 Å². The summed E-state index contributed by atoms with van der Waals surface area (Å²) in [5, 5.41) is 2.78. The number of amides is 1. The highest BCUT2D eigenvalue weighted by molar-refractivity contribution is 5.93. The molecule has 0 aromatic heterocycles. The van der Waals surface area contributed by atoms with E-state index in [0.29, 0.717) is 11.3 Å². The van der Waals surface area contributed by atoms with Gasteiger partial charge in [-0.15, -0.1) is 0 Å². The lowest BCUT2D eigenvalue weighted by atomic mass is 10.1. The second-order valence-corrected chi connectivity index (χ2v) is 6.10. The minimum atomic E-state index is -4.41. The van der Waals surface area contributed by atoms with Gasteiger partial charge in [-0.25, -0.2) is 0 Å². The minimum Gasteiger partial charge on any atom is -0.371 e. The number of halogens is 3. The van der Waals surface area contributed by atoms with E-state index in [1.807, 2.05) is 18.2 Å². The number of likely N-dealkylation sites (N-methyl/N-ethyl adjacent to an activating group) is 1. The molecule has 2 aromatic carbocycles. The van der Waals surface area contributed by atoms with Gasteiger partial charge in [-0.3, -0.25) is 4.79 Å². The Hall–Kier alpha value is -2.50. The lowest BCUT2D eigenvalue weighted by Crippen LogP contribution is -2.19. The topological polar surface area (TPSA) is 32.3 Å². The van der Waals surface area contributed by atoms with E-state index >= 15 is 0 Å². The van der Waals surface area contributed by atoms with Crippen LogP contribution in [0.1, 0.15) is 23.6 Å². The Labute approximate surface area is 144 Å². The molecule has 0 radical (unpaired) electrons. The minimum absolute atomic E-state index is 0.0987. The smallest absolute Gasteiger partial charge is 0.371 e. The highest BCUT2D eigenvalue weighted by Crippen LogP contribution is 2.31. The number of benzene rings is 2. The predicted molar refractivity (Wildman–Crippen MR) is 91.8 cm³/mol. The number of carbonyl (C=O) groups is 1. The zero-order valence-corrected chi connectivity index (χ0v) is 13.9. The molecule has 6 heteroatoms. The summed E-state index contributed by atoms with van der Waals surface area (Å²) in [6, 6.07) is 10.6. The first-order valence-electron chi connectivity index (χ1n) is 8.20. The fraction of sp³-hybridized carbons (Fsp3) is 0.316. The van der Waals surface area contributed by atoms with Crippen LogP contribution in [-0.4, -0.2) is 19.0 Å². The summed E-state index contributed by atoms with van der Waals surface area (Å²) in [5.41, 5.74) is 2.62.